The number of methoxy groups -OCH3 is 1. The maximum Gasteiger partial charge on any atom is 0.241 e. The summed E-state index contributed by atoms with van der Waals surface area (Å²) in [7, 11) is -2.52. The Morgan fingerprint density at radius 1 is 1.50 bits per heavy atom. The standard InChI is InChI=1S/C8H8N2O3S/c1-13-7-3-2-6(5-9)4-8(7)14(10,11)12/h2-4H,1H3,(H2,10,11,12). The molecule has 0 amide bonds. The van der Waals surface area contributed by atoms with E-state index in [1.54, 1.807) is 0 Å². The van der Waals surface area contributed by atoms with Gasteiger partial charge in [-0.15, -0.1) is 0 Å². The van der Waals surface area contributed by atoms with Crippen molar-refractivity contribution in [2.45, 2.75) is 4.90 Å². The molecule has 1 aromatic carbocycles. The van der Waals surface area contributed by atoms with Crippen LogP contribution in [0.25, 0.3) is 0 Å². The normalized spacial score (nSPS) is 10.6. The van der Waals surface area contributed by atoms with Crippen LogP contribution in [0.5, 0.6) is 5.75 Å². The number of rotatable bonds is 2. The Kier molecular flexibility index (Phi) is 2.74. The minimum absolute atomic E-state index is 0.131. The van der Waals surface area contributed by atoms with Gasteiger partial charge in [-0.25, -0.2) is 13.6 Å². The summed E-state index contributed by atoms with van der Waals surface area (Å²) in [6.45, 7) is 0. The summed E-state index contributed by atoms with van der Waals surface area (Å²) in [4.78, 5) is -0.181. The highest BCUT2D eigenvalue weighted by molar-refractivity contribution is 7.89. The lowest BCUT2D eigenvalue weighted by atomic mass is 10.2. The summed E-state index contributed by atoms with van der Waals surface area (Å²) >= 11 is 0. The number of sulfonamides is 1. The van der Waals surface area contributed by atoms with Crippen LogP contribution in [0.3, 0.4) is 0 Å². The molecule has 74 valence electrons. The molecule has 5 nitrogen and oxygen atoms in total. The molecular formula is C8H8N2O3S. The van der Waals surface area contributed by atoms with Crippen molar-refractivity contribution in [2.75, 3.05) is 7.11 Å². The van der Waals surface area contributed by atoms with Crippen molar-refractivity contribution in [2.24, 2.45) is 5.14 Å². The topological polar surface area (TPSA) is 93.2 Å². The van der Waals surface area contributed by atoms with Crippen LogP contribution in [0.1, 0.15) is 5.56 Å². The molecule has 0 aliphatic rings. The Hall–Kier alpha value is -1.58. The van der Waals surface area contributed by atoms with Crippen molar-refractivity contribution in [3.05, 3.63) is 23.8 Å². The average Bonchev–Trinajstić information content (AvgIpc) is 2.15. The van der Waals surface area contributed by atoms with Gasteiger partial charge in [-0.1, -0.05) is 0 Å². The van der Waals surface area contributed by atoms with Gasteiger partial charge in [0.1, 0.15) is 10.6 Å². The second-order valence-corrected chi connectivity index (χ2v) is 4.05. The van der Waals surface area contributed by atoms with E-state index in [4.69, 9.17) is 15.1 Å². The first kappa shape index (κ1) is 10.5. The van der Waals surface area contributed by atoms with Gasteiger partial charge in [0.05, 0.1) is 18.7 Å². The van der Waals surface area contributed by atoms with E-state index in [9.17, 15) is 8.42 Å². The molecule has 0 aliphatic carbocycles. The van der Waals surface area contributed by atoms with Crippen molar-refractivity contribution in [1.29, 1.82) is 5.26 Å². The van der Waals surface area contributed by atoms with Crippen molar-refractivity contribution < 1.29 is 13.2 Å². The number of benzene rings is 1. The second-order valence-electron chi connectivity index (χ2n) is 2.52. The Morgan fingerprint density at radius 3 is 2.57 bits per heavy atom. The molecular weight excluding hydrogens is 204 g/mol. The number of hydrogen-bond acceptors (Lipinski definition) is 4. The average molecular weight is 212 g/mol. The minimum atomic E-state index is -3.85. The lowest BCUT2D eigenvalue weighted by Gasteiger charge is -2.05. The van der Waals surface area contributed by atoms with E-state index in [0.717, 1.165) is 0 Å². The van der Waals surface area contributed by atoms with Gasteiger partial charge in [0.15, 0.2) is 0 Å². The molecule has 0 fully saturated rings. The number of nitrogens with two attached hydrogens (primary N) is 1. The van der Waals surface area contributed by atoms with Crippen LogP contribution in [-0.2, 0) is 10.0 Å². The molecule has 0 aliphatic heterocycles. The number of ether oxygens (including phenoxy) is 1. The highest BCUT2D eigenvalue weighted by Crippen LogP contribution is 2.23. The molecule has 0 saturated carbocycles. The van der Waals surface area contributed by atoms with Crippen molar-refractivity contribution in [3.8, 4) is 11.8 Å². The van der Waals surface area contributed by atoms with Gasteiger partial charge in [0.2, 0.25) is 10.0 Å². The summed E-state index contributed by atoms with van der Waals surface area (Å²) in [5, 5.41) is 13.5. The Morgan fingerprint density at radius 2 is 2.14 bits per heavy atom. The van der Waals surface area contributed by atoms with E-state index in [0.29, 0.717) is 0 Å². The van der Waals surface area contributed by atoms with Crippen LogP contribution in [-0.4, -0.2) is 15.5 Å². The van der Waals surface area contributed by atoms with Gasteiger partial charge in [-0.2, -0.15) is 5.26 Å². The summed E-state index contributed by atoms with van der Waals surface area (Å²) in [5.74, 6) is 0.131. The van der Waals surface area contributed by atoms with Gasteiger partial charge >= 0.3 is 0 Å². The predicted octanol–water partition coefficient (Wildman–Crippen LogP) is 0.214. The molecule has 2 N–H and O–H groups in total. The summed E-state index contributed by atoms with van der Waals surface area (Å²) in [5.41, 5.74) is 0.217. The molecule has 1 rings (SSSR count). The molecule has 0 heterocycles. The van der Waals surface area contributed by atoms with Crippen LogP contribution in [0.4, 0.5) is 0 Å². The van der Waals surface area contributed by atoms with Crippen molar-refractivity contribution in [1.82, 2.24) is 0 Å². The summed E-state index contributed by atoms with van der Waals surface area (Å²) in [6.07, 6.45) is 0. The fourth-order valence-electron chi connectivity index (χ4n) is 0.969. The monoisotopic (exact) mass is 212 g/mol. The van der Waals surface area contributed by atoms with E-state index in [1.807, 2.05) is 6.07 Å². The molecule has 6 heteroatoms. The maximum atomic E-state index is 11.1. The fraction of sp³-hybridized carbons (Fsp3) is 0.125. The largest absolute Gasteiger partial charge is 0.495 e. The van der Waals surface area contributed by atoms with Crippen molar-refractivity contribution in [3.63, 3.8) is 0 Å². The van der Waals surface area contributed by atoms with Crippen LogP contribution in [0.15, 0.2) is 23.1 Å². The molecule has 0 atom stereocenters. The third-order valence-electron chi connectivity index (χ3n) is 1.60. The van der Waals surface area contributed by atoms with Gasteiger partial charge in [-0.05, 0) is 18.2 Å². The highest BCUT2D eigenvalue weighted by atomic mass is 32.2. The van der Waals surface area contributed by atoms with Gasteiger partial charge in [0.25, 0.3) is 0 Å². The van der Waals surface area contributed by atoms with E-state index in [2.05, 4.69) is 0 Å². The first-order valence-electron chi connectivity index (χ1n) is 3.60. The predicted molar refractivity (Wildman–Crippen MR) is 49.1 cm³/mol. The first-order chi connectivity index (χ1) is 6.49. The van der Waals surface area contributed by atoms with Gasteiger partial charge in [0, 0.05) is 0 Å². The minimum Gasteiger partial charge on any atom is -0.495 e. The Bertz CT molecular complexity index is 488. The van der Waals surface area contributed by atoms with Gasteiger partial charge < -0.3 is 4.74 Å². The Labute approximate surface area is 81.8 Å². The first-order valence-corrected chi connectivity index (χ1v) is 5.14. The smallest absolute Gasteiger partial charge is 0.241 e. The van der Waals surface area contributed by atoms with Crippen LogP contribution >= 0.6 is 0 Å². The van der Waals surface area contributed by atoms with E-state index >= 15 is 0 Å². The third-order valence-corrected chi connectivity index (χ3v) is 2.53. The lowest BCUT2D eigenvalue weighted by Crippen LogP contribution is -2.13. The lowest BCUT2D eigenvalue weighted by molar-refractivity contribution is 0.402. The van der Waals surface area contributed by atoms with Crippen LogP contribution < -0.4 is 9.88 Å². The highest BCUT2D eigenvalue weighted by Gasteiger charge is 2.15. The van der Waals surface area contributed by atoms with E-state index in [1.165, 1.54) is 25.3 Å². The molecule has 0 radical (unpaired) electrons. The van der Waals surface area contributed by atoms with Gasteiger partial charge in [-0.3, -0.25) is 0 Å². The maximum absolute atomic E-state index is 11.1. The van der Waals surface area contributed by atoms with E-state index < -0.39 is 10.0 Å². The second kappa shape index (κ2) is 3.65. The molecule has 0 aromatic heterocycles. The van der Waals surface area contributed by atoms with Crippen LogP contribution in [0.2, 0.25) is 0 Å². The summed E-state index contributed by atoms with van der Waals surface area (Å²) < 4.78 is 26.9. The molecule has 0 saturated heterocycles. The molecule has 1 aromatic rings. The zero-order valence-corrected chi connectivity index (χ0v) is 8.21. The molecule has 0 unspecified atom stereocenters. The fourth-order valence-corrected chi connectivity index (χ4v) is 1.69. The number of nitriles is 1. The van der Waals surface area contributed by atoms with E-state index in [-0.39, 0.29) is 16.2 Å². The van der Waals surface area contributed by atoms with Crippen molar-refractivity contribution >= 4 is 10.0 Å². The summed E-state index contributed by atoms with van der Waals surface area (Å²) in [6, 6.07) is 5.83. The third kappa shape index (κ3) is 2.02. The number of nitrogens with zero attached hydrogens (tertiary/aromatic N) is 1. The number of hydrogen-bond donors (Lipinski definition) is 1. The Balaban J connectivity index is 3.47. The quantitative estimate of drug-likeness (QED) is 0.758. The molecule has 0 bridgehead atoms. The number of primary sulfonamides is 1. The molecule has 14 heavy (non-hydrogen) atoms. The zero-order chi connectivity index (χ0) is 10.8. The van der Waals surface area contributed by atoms with Crippen LogP contribution in [0, 0.1) is 11.3 Å². The molecule has 0 spiro atoms. The SMILES string of the molecule is COc1ccc(C#N)cc1S(N)(=O)=O. The zero-order valence-electron chi connectivity index (χ0n) is 7.39.